The standard InChI is InChI=1S/C11H15Cl2NOSi/c1-8(15)14(13)11-9(12)6-5-7-10(11)16(2,3)4/h5-7H,1-4H3. The van der Waals surface area contributed by atoms with Crippen LogP contribution in [-0.2, 0) is 4.79 Å². The highest BCUT2D eigenvalue weighted by molar-refractivity contribution is 6.90. The minimum Gasteiger partial charge on any atom is -0.274 e. The van der Waals surface area contributed by atoms with Crippen LogP contribution in [-0.4, -0.2) is 14.0 Å². The SMILES string of the molecule is CC(=O)N(Cl)c1c(Cl)cccc1[Si](C)(C)C. The van der Waals surface area contributed by atoms with Crippen LogP contribution < -0.4 is 9.61 Å². The van der Waals surface area contributed by atoms with E-state index in [9.17, 15) is 4.79 Å². The molecule has 0 aliphatic heterocycles. The van der Waals surface area contributed by atoms with E-state index in [0.717, 1.165) is 9.61 Å². The van der Waals surface area contributed by atoms with Crippen molar-refractivity contribution in [1.82, 2.24) is 0 Å². The summed E-state index contributed by atoms with van der Waals surface area (Å²) < 4.78 is 1.11. The number of hydrogen-bond donors (Lipinski definition) is 0. The van der Waals surface area contributed by atoms with Gasteiger partial charge in [-0.15, -0.1) is 0 Å². The van der Waals surface area contributed by atoms with E-state index in [2.05, 4.69) is 19.6 Å². The van der Waals surface area contributed by atoms with E-state index in [4.69, 9.17) is 23.4 Å². The summed E-state index contributed by atoms with van der Waals surface area (Å²) >= 11 is 12.1. The number of rotatable bonds is 2. The third-order valence-electron chi connectivity index (χ3n) is 2.27. The number of amides is 1. The fourth-order valence-electron chi connectivity index (χ4n) is 1.48. The van der Waals surface area contributed by atoms with Crippen LogP contribution in [0.25, 0.3) is 0 Å². The Balaban J connectivity index is 3.41. The molecule has 0 aliphatic carbocycles. The quantitative estimate of drug-likeness (QED) is 0.599. The van der Waals surface area contributed by atoms with Crippen LogP contribution in [0.4, 0.5) is 5.69 Å². The lowest BCUT2D eigenvalue weighted by Gasteiger charge is -2.25. The first-order valence-electron chi connectivity index (χ1n) is 5.00. The maximum absolute atomic E-state index is 11.3. The zero-order chi connectivity index (χ0) is 12.5. The second-order valence-corrected chi connectivity index (χ2v) is 10.5. The first kappa shape index (κ1) is 13.6. The van der Waals surface area contributed by atoms with Crippen molar-refractivity contribution in [2.75, 3.05) is 4.42 Å². The van der Waals surface area contributed by atoms with Crippen LogP contribution in [0.1, 0.15) is 6.92 Å². The number of hydrogen-bond acceptors (Lipinski definition) is 1. The van der Waals surface area contributed by atoms with Crippen LogP contribution in [0, 0.1) is 0 Å². The van der Waals surface area contributed by atoms with E-state index in [-0.39, 0.29) is 5.91 Å². The molecular weight excluding hydrogens is 261 g/mol. The van der Waals surface area contributed by atoms with Crippen molar-refractivity contribution < 1.29 is 4.79 Å². The minimum absolute atomic E-state index is 0.228. The van der Waals surface area contributed by atoms with E-state index in [1.54, 1.807) is 6.07 Å². The predicted octanol–water partition coefficient (Wildman–Crippen LogP) is 3.39. The molecule has 5 heteroatoms. The van der Waals surface area contributed by atoms with Crippen molar-refractivity contribution in [1.29, 1.82) is 0 Å². The van der Waals surface area contributed by atoms with Gasteiger partial charge in [0, 0.05) is 18.7 Å². The maximum Gasteiger partial charge on any atom is 0.238 e. The summed E-state index contributed by atoms with van der Waals surface area (Å²) in [5.41, 5.74) is 0.637. The molecule has 1 rings (SSSR count). The lowest BCUT2D eigenvalue weighted by Crippen LogP contribution is -2.41. The first-order valence-corrected chi connectivity index (χ1v) is 9.22. The smallest absolute Gasteiger partial charge is 0.238 e. The Morgan fingerprint density at radius 1 is 1.31 bits per heavy atom. The van der Waals surface area contributed by atoms with Gasteiger partial charge in [0.25, 0.3) is 0 Å². The van der Waals surface area contributed by atoms with Crippen molar-refractivity contribution in [3.05, 3.63) is 23.2 Å². The van der Waals surface area contributed by atoms with Gasteiger partial charge in [-0.05, 0) is 11.3 Å². The predicted molar refractivity (Wildman–Crippen MR) is 73.4 cm³/mol. The summed E-state index contributed by atoms with van der Waals surface area (Å²) in [6, 6.07) is 5.63. The van der Waals surface area contributed by atoms with Crippen LogP contribution in [0.3, 0.4) is 0 Å². The van der Waals surface area contributed by atoms with Crippen LogP contribution in [0.2, 0.25) is 24.7 Å². The molecule has 0 aromatic heterocycles. The summed E-state index contributed by atoms with van der Waals surface area (Å²) in [7, 11) is -1.58. The molecule has 0 aliphatic rings. The normalized spacial score (nSPS) is 11.4. The molecule has 1 amide bonds. The van der Waals surface area contributed by atoms with E-state index < -0.39 is 8.07 Å². The number of para-hydroxylation sites is 1. The van der Waals surface area contributed by atoms with Crippen molar-refractivity contribution in [3.8, 4) is 0 Å². The van der Waals surface area contributed by atoms with Gasteiger partial charge >= 0.3 is 0 Å². The van der Waals surface area contributed by atoms with Gasteiger partial charge in [0.2, 0.25) is 5.91 Å². The van der Waals surface area contributed by atoms with Gasteiger partial charge in [-0.3, -0.25) is 4.79 Å². The van der Waals surface area contributed by atoms with Gasteiger partial charge in [0.05, 0.1) is 18.8 Å². The highest BCUT2D eigenvalue weighted by atomic mass is 35.5. The average molecular weight is 276 g/mol. The van der Waals surface area contributed by atoms with Gasteiger partial charge in [-0.25, -0.2) is 4.42 Å². The molecule has 0 unspecified atom stereocenters. The van der Waals surface area contributed by atoms with E-state index in [1.807, 2.05) is 12.1 Å². The first-order chi connectivity index (χ1) is 7.25. The fraction of sp³-hybridized carbons (Fsp3) is 0.364. The Morgan fingerprint density at radius 3 is 2.31 bits per heavy atom. The Hall–Kier alpha value is -0.513. The van der Waals surface area contributed by atoms with Crippen LogP contribution >= 0.6 is 23.4 Å². The van der Waals surface area contributed by atoms with Crippen LogP contribution in [0.5, 0.6) is 0 Å². The molecule has 0 atom stereocenters. The zero-order valence-electron chi connectivity index (χ0n) is 9.84. The number of anilines is 1. The Morgan fingerprint density at radius 2 is 1.88 bits per heavy atom. The summed E-state index contributed by atoms with van der Waals surface area (Å²) in [5, 5.41) is 1.61. The van der Waals surface area contributed by atoms with Gasteiger partial charge in [0.1, 0.15) is 0 Å². The lowest BCUT2D eigenvalue weighted by molar-refractivity contribution is -0.115. The van der Waals surface area contributed by atoms with Gasteiger partial charge in [0.15, 0.2) is 0 Å². The Kier molecular flexibility index (Phi) is 4.05. The van der Waals surface area contributed by atoms with Crippen molar-refractivity contribution in [3.63, 3.8) is 0 Å². The highest BCUT2D eigenvalue weighted by Crippen LogP contribution is 2.27. The topological polar surface area (TPSA) is 20.3 Å². The molecule has 0 saturated carbocycles. The molecule has 88 valence electrons. The van der Waals surface area contributed by atoms with Gasteiger partial charge in [-0.1, -0.05) is 43.4 Å². The van der Waals surface area contributed by atoms with Gasteiger partial charge in [-0.2, -0.15) is 0 Å². The second kappa shape index (κ2) is 4.78. The van der Waals surface area contributed by atoms with Gasteiger partial charge < -0.3 is 0 Å². The molecule has 1 aromatic carbocycles. The molecule has 1 aromatic rings. The second-order valence-electron chi connectivity index (χ2n) is 4.69. The Labute approximate surface area is 107 Å². The molecule has 0 N–H and O–H groups in total. The largest absolute Gasteiger partial charge is 0.274 e. The summed E-state index contributed by atoms with van der Waals surface area (Å²) in [4.78, 5) is 11.3. The number of nitrogens with zero attached hydrogens (tertiary/aromatic N) is 1. The summed E-state index contributed by atoms with van der Waals surface area (Å²) in [6.45, 7) is 7.98. The Bertz CT molecular complexity index is 415. The van der Waals surface area contributed by atoms with E-state index >= 15 is 0 Å². The molecule has 0 bridgehead atoms. The van der Waals surface area contributed by atoms with Crippen molar-refractivity contribution in [2.45, 2.75) is 26.6 Å². The fourth-order valence-corrected chi connectivity index (χ4v) is 3.67. The molecule has 0 heterocycles. The number of halogens is 2. The van der Waals surface area contributed by atoms with Crippen molar-refractivity contribution in [2.24, 2.45) is 0 Å². The summed E-state index contributed by atoms with van der Waals surface area (Å²) in [6.07, 6.45) is 0. The molecule has 0 radical (unpaired) electrons. The zero-order valence-corrected chi connectivity index (χ0v) is 12.4. The average Bonchev–Trinajstić information content (AvgIpc) is 2.14. The molecular formula is C11H15Cl2NOSi. The molecule has 0 saturated heterocycles. The lowest BCUT2D eigenvalue weighted by atomic mass is 10.3. The number of benzene rings is 1. The van der Waals surface area contributed by atoms with Crippen molar-refractivity contribution >= 4 is 48.2 Å². The third-order valence-corrected chi connectivity index (χ3v) is 5.00. The minimum atomic E-state index is -1.58. The van der Waals surface area contributed by atoms with E-state index in [0.29, 0.717) is 10.7 Å². The summed E-state index contributed by atoms with van der Waals surface area (Å²) in [5.74, 6) is -0.228. The van der Waals surface area contributed by atoms with Crippen LogP contribution in [0.15, 0.2) is 18.2 Å². The number of carbonyl (C=O) groups excluding carboxylic acids is 1. The monoisotopic (exact) mass is 275 g/mol. The highest BCUT2D eigenvalue weighted by Gasteiger charge is 2.25. The van der Waals surface area contributed by atoms with E-state index in [1.165, 1.54) is 6.92 Å². The third kappa shape index (κ3) is 2.78. The molecule has 2 nitrogen and oxygen atoms in total. The molecule has 0 spiro atoms. The number of carbonyl (C=O) groups is 1. The molecule has 16 heavy (non-hydrogen) atoms. The maximum atomic E-state index is 11.3. The molecule has 0 fully saturated rings.